The Balaban J connectivity index is 0.000000479. The topological polar surface area (TPSA) is 203 Å². The fraction of sp³-hybridized carbons (Fsp3) is 0.222. The monoisotopic (exact) mass is 676 g/mol. The van der Waals surface area contributed by atoms with Gasteiger partial charge in [0.25, 0.3) is 0 Å². The summed E-state index contributed by atoms with van der Waals surface area (Å²) < 4.78 is 34.1. The van der Waals surface area contributed by atoms with E-state index in [4.69, 9.17) is 40.5 Å². The highest BCUT2D eigenvalue weighted by Crippen LogP contribution is 2.09. The van der Waals surface area contributed by atoms with Crippen LogP contribution >= 0.6 is 45.2 Å². The summed E-state index contributed by atoms with van der Waals surface area (Å²) in [4.78, 5) is 7.84. The van der Waals surface area contributed by atoms with Crippen molar-refractivity contribution in [2.24, 2.45) is 32.9 Å². The SMILES string of the molecule is NC(N)=NCCc1cccc(I)c1.NC(N)=NCCc1cccc(I)c1.O=S(=O)(O)O. The third-order valence-corrected chi connectivity index (χ3v) is 4.51. The molecule has 0 spiro atoms. The molecule has 2 aromatic carbocycles. The molecule has 0 saturated heterocycles. The normalized spacial score (nSPS) is 9.94. The summed E-state index contributed by atoms with van der Waals surface area (Å²) in [6.45, 7) is 1.31. The number of hydrogen-bond donors (Lipinski definition) is 6. The Kier molecular flexibility index (Phi) is 15.1. The first-order valence-corrected chi connectivity index (χ1v) is 12.2. The van der Waals surface area contributed by atoms with Gasteiger partial charge in [0.2, 0.25) is 0 Å². The van der Waals surface area contributed by atoms with Gasteiger partial charge in [0.15, 0.2) is 11.9 Å². The smallest absolute Gasteiger partial charge is 0.370 e. The molecule has 0 aliphatic rings. The lowest BCUT2D eigenvalue weighted by Crippen LogP contribution is -2.23. The van der Waals surface area contributed by atoms with Crippen LogP contribution < -0.4 is 22.9 Å². The van der Waals surface area contributed by atoms with E-state index in [9.17, 15) is 0 Å². The van der Waals surface area contributed by atoms with Crippen LogP contribution in [0.5, 0.6) is 0 Å². The number of aliphatic imine (C=N–C) groups is 2. The predicted molar refractivity (Wildman–Crippen MR) is 141 cm³/mol. The third kappa shape index (κ3) is 21.3. The van der Waals surface area contributed by atoms with Gasteiger partial charge in [-0.1, -0.05) is 24.3 Å². The zero-order chi connectivity index (χ0) is 23.9. The van der Waals surface area contributed by atoms with Gasteiger partial charge in [0.05, 0.1) is 0 Å². The number of nitrogens with zero attached hydrogens (tertiary/aromatic N) is 2. The number of nitrogens with two attached hydrogens (primary N) is 4. The van der Waals surface area contributed by atoms with Crippen LogP contribution in [0.2, 0.25) is 0 Å². The molecular weight excluding hydrogens is 650 g/mol. The molecule has 0 bridgehead atoms. The Morgan fingerprint density at radius 1 is 0.774 bits per heavy atom. The molecular formula is C18H26I2N6O4S. The molecule has 10 N–H and O–H groups in total. The van der Waals surface area contributed by atoms with E-state index < -0.39 is 10.4 Å². The second kappa shape index (κ2) is 16.0. The van der Waals surface area contributed by atoms with Crippen molar-refractivity contribution in [2.75, 3.05) is 13.1 Å². The molecule has 172 valence electrons. The molecule has 2 aromatic rings. The number of halogens is 2. The van der Waals surface area contributed by atoms with Crippen molar-refractivity contribution in [3.05, 3.63) is 66.8 Å². The quantitative estimate of drug-likeness (QED) is 0.114. The van der Waals surface area contributed by atoms with Crippen LogP contribution in [0, 0.1) is 7.14 Å². The van der Waals surface area contributed by atoms with Crippen molar-refractivity contribution in [3.8, 4) is 0 Å². The van der Waals surface area contributed by atoms with Gasteiger partial charge in [-0.25, -0.2) is 0 Å². The number of guanidine groups is 2. The average molecular weight is 676 g/mol. The highest BCUT2D eigenvalue weighted by Gasteiger charge is 1.93. The van der Waals surface area contributed by atoms with E-state index in [2.05, 4.69) is 91.6 Å². The van der Waals surface area contributed by atoms with Crippen molar-refractivity contribution < 1.29 is 17.5 Å². The predicted octanol–water partition coefficient (Wildman–Crippen LogP) is 1.56. The maximum Gasteiger partial charge on any atom is 0.394 e. The van der Waals surface area contributed by atoms with E-state index >= 15 is 0 Å². The minimum atomic E-state index is -4.67. The van der Waals surface area contributed by atoms with Crippen LogP contribution in [0.3, 0.4) is 0 Å². The van der Waals surface area contributed by atoms with Crippen LogP contribution in [0.4, 0.5) is 0 Å². The lowest BCUT2D eigenvalue weighted by Gasteiger charge is -1.98. The van der Waals surface area contributed by atoms with E-state index in [1.54, 1.807) is 0 Å². The van der Waals surface area contributed by atoms with Gasteiger partial charge in [-0.3, -0.25) is 19.1 Å². The highest BCUT2D eigenvalue weighted by atomic mass is 127. The van der Waals surface area contributed by atoms with E-state index in [1.165, 1.54) is 18.3 Å². The fourth-order valence-electron chi connectivity index (χ4n) is 2.01. The molecule has 13 heteroatoms. The molecule has 0 heterocycles. The standard InChI is InChI=1S/2C9H12IN3.H2O4S/c2*10-8-3-1-2-7(6-8)4-5-13-9(11)12;1-5(2,3)4/h2*1-3,6H,4-5H2,(H4,11,12,13);(H2,1,2,3,4). The molecule has 0 saturated carbocycles. The summed E-state index contributed by atoms with van der Waals surface area (Å²) >= 11 is 4.57. The second-order valence-electron chi connectivity index (χ2n) is 5.82. The number of rotatable bonds is 6. The van der Waals surface area contributed by atoms with Crippen LogP contribution in [-0.2, 0) is 23.2 Å². The summed E-state index contributed by atoms with van der Waals surface area (Å²) in [7, 11) is -4.67. The molecule has 0 unspecified atom stereocenters. The molecule has 0 aliphatic carbocycles. The van der Waals surface area contributed by atoms with Crippen molar-refractivity contribution in [1.29, 1.82) is 0 Å². The Morgan fingerprint density at radius 3 is 1.35 bits per heavy atom. The van der Waals surface area contributed by atoms with Gasteiger partial charge >= 0.3 is 10.4 Å². The third-order valence-electron chi connectivity index (χ3n) is 3.17. The van der Waals surface area contributed by atoms with E-state index in [-0.39, 0.29) is 11.9 Å². The maximum absolute atomic E-state index is 8.74. The molecule has 0 amide bonds. The van der Waals surface area contributed by atoms with Gasteiger partial charge in [0, 0.05) is 20.2 Å². The molecule has 10 nitrogen and oxygen atoms in total. The summed E-state index contributed by atoms with van der Waals surface area (Å²) in [6, 6.07) is 16.6. The molecule has 0 fully saturated rings. The van der Waals surface area contributed by atoms with Gasteiger partial charge in [0.1, 0.15) is 0 Å². The van der Waals surface area contributed by atoms with Crippen LogP contribution in [-0.4, -0.2) is 42.5 Å². The molecule has 2 rings (SSSR count). The Morgan fingerprint density at radius 2 is 1.10 bits per heavy atom. The Labute approximate surface area is 209 Å². The van der Waals surface area contributed by atoms with Crippen LogP contribution in [0.25, 0.3) is 0 Å². The number of hydrogen-bond acceptors (Lipinski definition) is 4. The van der Waals surface area contributed by atoms with Crippen LogP contribution in [0.15, 0.2) is 58.5 Å². The first kappa shape index (κ1) is 29.3. The average Bonchev–Trinajstić information content (AvgIpc) is 2.60. The summed E-state index contributed by atoms with van der Waals surface area (Å²) in [6.07, 6.45) is 1.77. The van der Waals surface area contributed by atoms with E-state index in [0.29, 0.717) is 13.1 Å². The van der Waals surface area contributed by atoms with E-state index in [1.807, 2.05) is 12.1 Å². The maximum atomic E-state index is 8.74. The van der Waals surface area contributed by atoms with Gasteiger partial charge in [-0.2, -0.15) is 8.42 Å². The van der Waals surface area contributed by atoms with Gasteiger partial charge in [-0.15, -0.1) is 0 Å². The zero-order valence-electron chi connectivity index (χ0n) is 16.5. The highest BCUT2D eigenvalue weighted by molar-refractivity contribution is 14.1. The van der Waals surface area contributed by atoms with Crippen LogP contribution in [0.1, 0.15) is 11.1 Å². The molecule has 0 atom stereocenters. The van der Waals surface area contributed by atoms with E-state index in [0.717, 1.165) is 12.8 Å². The number of benzene rings is 2. The van der Waals surface area contributed by atoms with Crippen molar-refractivity contribution in [2.45, 2.75) is 12.8 Å². The largest absolute Gasteiger partial charge is 0.394 e. The van der Waals surface area contributed by atoms with Crippen molar-refractivity contribution in [3.63, 3.8) is 0 Å². The molecule has 31 heavy (non-hydrogen) atoms. The first-order chi connectivity index (χ1) is 14.4. The summed E-state index contributed by atoms with van der Waals surface area (Å²) in [5.41, 5.74) is 23.4. The van der Waals surface area contributed by atoms with Crippen molar-refractivity contribution >= 4 is 67.5 Å². The Hall–Kier alpha value is -1.69. The van der Waals surface area contributed by atoms with Gasteiger partial charge < -0.3 is 22.9 Å². The fourth-order valence-corrected chi connectivity index (χ4v) is 3.23. The molecule has 0 radical (unpaired) electrons. The minimum Gasteiger partial charge on any atom is -0.370 e. The lowest BCUT2D eigenvalue weighted by atomic mass is 10.2. The minimum absolute atomic E-state index is 0.158. The first-order valence-electron chi connectivity index (χ1n) is 8.66. The van der Waals surface area contributed by atoms with Gasteiger partial charge in [-0.05, 0) is 93.4 Å². The zero-order valence-corrected chi connectivity index (χ0v) is 21.7. The second-order valence-corrected chi connectivity index (χ2v) is 9.21. The molecule has 0 aliphatic heterocycles. The van der Waals surface area contributed by atoms with Crippen molar-refractivity contribution in [1.82, 2.24) is 0 Å². The summed E-state index contributed by atoms with van der Waals surface area (Å²) in [5, 5.41) is 0. The Bertz CT molecular complexity index is 892. The summed E-state index contributed by atoms with van der Waals surface area (Å²) in [5.74, 6) is 0.316. The molecule has 0 aromatic heterocycles. The lowest BCUT2D eigenvalue weighted by molar-refractivity contribution is 0.381.